The summed E-state index contributed by atoms with van der Waals surface area (Å²) in [4.78, 5) is 6.33. The summed E-state index contributed by atoms with van der Waals surface area (Å²) in [6.07, 6.45) is 7.97. The lowest BCUT2D eigenvalue weighted by Gasteiger charge is -2.36. The van der Waals surface area contributed by atoms with Gasteiger partial charge in [-0.15, -0.1) is 11.8 Å². The smallest absolute Gasteiger partial charge is 0.281 e. The van der Waals surface area contributed by atoms with Crippen LogP contribution in [0.3, 0.4) is 0 Å². The van der Waals surface area contributed by atoms with Crippen LogP contribution in [0.25, 0.3) is 0 Å². The van der Waals surface area contributed by atoms with Crippen molar-refractivity contribution in [3.05, 3.63) is 83.5 Å². The number of nitrogens with one attached hydrogen (secondary N) is 1. The zero-order chi connectivity index (χ0) is 24.8. The van der Waals surface area contributed by atoms with Crippen LogP contribution in [0, 0.1) is 11.8 Å². The standard InChI is InChI=1S/C30H39N3O2S/c1-2-24-18-19-33(20-27(24)36-22-23-12-6-3-7-13-23)21-28-31-29(32-35-28)30(34,25-14-8-4-9-15-25)26-16-10-5-11-17-26/h3-4,6-9,12-15,24,26-27,34H,2,5,10-11,16-22H2,1H3/p+1. The molecule has 0 spiro atoms. The van der Waals surface area contributed by atoms with Gasteiger partial charge in [0.25, 0.3) is 5.89 Å². The van der Waals surface area contributed by atoms with Crippen molar-refractivity contribution in [3.8, 4) is 0 Å². The fourth-order valence-corrected chi connectivity index (χ4v) is 7.74. The van der Waals surface area contributed by atoms with Gasteiger partial charge in [0.05, 0.1) is 18.3 Å². The number of nitrogens with zero attached hydrogens (tertiary/aromatic N) is 2. The molecule has 2 aliphatic rings. The SMILES string of the molecule is CCC1CC[NH+](Cc2nc(C(O)(c3ccccc3)C3CCCCC3)no2)CC1SCc1ccccc1. The van der Waals surface area contributed by atoms with Gasteiger partial charge < -0.3 is 14.5 Å². The van der Waals surface area contributed by atoms with Crippen molar-refractivity contribution in [1.82, 2.24) is 10.1 Å². The molecular formula is C30H40N3O2S+. The maximum absolute atomic E-state index is 12.1. The van der Waals surface area contributed by atoms with E-state index in [0.717, 1.165) is 62.6 Å². The van der Waals surface area contributed by atoms with Gasteiger partial charge in [-0.05, 0) is 35.8 Å². The molecule has 2 fully saturated rings. The molecule has 5 nitrogen and oxygen atoms in total. The second-order valence-electron chi connectivity index (χ2n) is 10.7. The van der Waals surface area contributed by atoms with E-state index in [-0.39, 0.29) is 5.92 Å². The van der Waals surface area contributed by atoms with E-state index in [1.54, 1.807) is 0 Å². The van der Waals surface area contributed by atoms with Crippen molar-refractivity contribution < 1.29 is 14.5 Å². The first-order valence-electron chi connectivity index (χ1n) is 13.8. The van der Waals surface area contributed by atoms with E-state index >= 15 is 0 Å². The highest BCUT2D eigenvalue weighted by molar-refractivity contribution is 7.99. The Balaban J connectivity index is 1.29. The number of hydrogen-bond donors (Lipinski definition) is 2. The summed E-state index contributed by atoms with van der Waals surface area (Å²) in [5.41, 5.74) is 1.08. The molecular weight excluding hydrogens is 466 g/mol. The molecule has 1 saturated heterocycles. The number of hydrogen-bond acceptors (Lipinski definition) is 5. The van der Waals surface area contributed by atoms with Crippen molar-refractivity contribution in [1.29, 1.82) is 0 Å². The Kier molecular flexibility index (Phi) is 8.45. The number of benzene rings is 2. The Morgan fingerprint density at radius 1 is 1.00 bits per heavy atom. The first kappa shape index (κ1) is 25.5. The molecule has 4 atom stereocenters. The Bertz CT molecular complexity index is 1070. The van der Waals surface area contributed by atoms with Crippen molar-refractivity contribution in [3.63, 3.8) is 0 Å². The summed E-state index contributed by atoms with van der Waals surface area (Å²) >= 11 is 2.10. The van der Waals surface area contributed by atoms with Crippen LogP contribution < -0.4 is 4.90 Å². The molecule has 2 heterocycles. The van der Waals surface area contributed by atoms with E-state index in [4.69, 9.17) is 9.51 Å². The van der Waals surface area contributed by atoms with Crippen LogP contribution in [0.4, 0.5) is 0 Å². The normalized spacial score (nSPS) is 24.9. The number of thioether (sulfide) groups is 1. The zero-order valence-corrected chi connectivity index (χ0v) is 22.3. The number of quaternary nitrogens is 1. The number of likely N-dealkylation sites (tertiary alicyclic amines) is 1. The van der Waals surface area contributed by atoms with E-state index in [0.29, 0.717) is 17.0 Å². The molecule has 1 aliphatic heterocycles. The van der Waals surface area contributed by atoms with Crippen LogP contribution in [-0.2, 0) is 17.9 Å². The zero-order valence-electron chi connectivity index (χ0n) is 21.4. The minimum absolute atomic E-state index is 0.116. The Labute approximate surface area is 219 Å². The van der Waals surface area contributed by atoms with Crippen molar-refractivity contribution in [2.75, 3.05) is 13.1 Å². The van der Waals surface area contributed by atoms with Gasteiger partial charge >= 0.3 is 0 Å². The van der Waals surface area contributed by atoms with E-state index in [9.17, 15) is 5.11 Å². The topological polar surface area (TPSA) is 63.6 Å². The van der Waals surface area contributed by atoms with Gasteiger partial charge in [-0.3, -0.25) is 0 Å². The molecule has 1 saturated carbocycles. The average molecular weight is 507 g/mol. The third kappa shape index (κ3) is 5.71. The molecule has 3 aromatic rings. The Morgan fingerprint density at radius 2 is 1.72 bits per heavy atom. The van der Waals surface area contributed by atoms with E-state index in [1.807, 2.05) is 30.3 Å². The number of piperidine rings is 1. The van der Waals surface area contributed by atoms with Gasteiger partial charge in [0.15, 0.2) is 12.1 Å². The predicted molar refractivity (Wildman–Crippen MR) is 145 cm³/mol. The molecule has 4 unspecified atom stereocenters. The Hall–Kier alpha value is -2.15. The molecule has 6 heteroatoms. The van der Waals surface area contributed by atoms with Crippen molar-refractivity contribution in [2.45, 2.75) is 75.0 Å². The van der Waals surface area contributed by atoms with Crippen LogP contribution in [0.5, 0.6) is 0 Å². The third-order valence-electron chi connectivity index (χ3n) is 8.34. The van der Waals surface area contributed by atoms with Gasteiger partial charge in [0.1, 0.15) is 0 Å². The van der Waals surface area contributed by atoms with Gasteiger partial charge in [-0.25, -0.2) is 0 Å². The van der Waals surface area contributed by atoms with Crippen LogP contribution >= 0.6 is 11.8 Å². The van der Waals surface area contributed by atoms with Crippen LogP contribution in [0.1, 0.15) is 74.7 Å². The molecule has 1 aromatic heterocycles. The summed E-state index contributed by atoms with van der Waals surface area (Å²) in [5, 5.41) is 17.1. The summed E-state index contributed by atoms with van der Waals surface area (Å²) < 4.78 is 5.79. The fraction of sp³-hybridized carbons (Fsp3) is 0.533. The summed E-state index contributed by atoms with van der Waals surface area (Å²) in [5.74, 6) is 3.02. The highest BCUT2D eigenvalue weighted by Gasteiger charge is 2.45. The van der Waals surface area contributed by atoms with Crippen molar-refractivity contribution in [2.24, 2.45) is 11.8 Å². The predicted octanol–water partition coefficient (Wildman–Crippen LogP) is 5.00. The number of aliphatic hydroxyl groups is 1. The van der Waals surface area contributed by atoms with Gasteiger partial charge in [0.2, 0.25) is 5.82 Å². The average Bonchev–Trinajstić information content (AvgIpc) is 3.42. The summed E-state index contributed by atoms with van der Waals surface area (Å²) in [7, 11) is 0. The maximum atomic E-state index is 12.1. The number of aromatic nitrogens is 2. The van der Waals surface area contributed by atoms with Gasteiger partial charge in [-0.1, -0.05) is 98.4 Å². The van der Waals surface area contributed by atoms with Crippen molar-refractivity contribution >= 4 is 11.8 Å². The highest BCUT2D eigenvalue weighted by atomic mass is 32.2. The fourth-order valence-electron chi connectivity index (χ4n) is 6.18. The quantitative estimate of drug-likeness (QED) is 0.428. The molecule has 1 aliphatic carbocycles. The van der Waals surface area contributed by atoms with Gasteiger partial charge in [0, 0.05) is 12.2 Å². The van der Waals surface area contributed by atoms with E-state index < -0.39 is 5.60 Å². The monoisotopic (exact) mass is 506 g/mol. The maximum Gasteiger partial charge on any atom is 0.281 e. The Morgan fingerprint density at radius 3 is 2.44 bits per heavy atom. The molecule has 2 aromatic carbocycles. The molecule has 0 bridgehead atoms. The molecule has 192 valence electrons. The summed E-state index contributed by atoms with van der Waals surface area (Å²) in [6.45, 7) is 5.29. The molecule has 0 amide bonds. The second-order valence-corrected chi connectivity index (χ2v) is 11.9. The molecule has 2 N–H and O–H groups in total. The number of rotatable bonds is 9. The molecule has 0 radical (unpaired) electrons. The van der Waals surface area contributed by atoms with Crippen LogP contribution in [0.2, 0.25) is 0 Å². The lowest BCUT2D eigenvalue weighted by atomic mass is 9.73. The lowest BCUT2D eigenvalue weighted by Crippen LogP contribution is -3.13. The first-order chi connectivity index (χ1) is 17.7. The van der Waals surface area contributed by atoms with E-state index in [2.05, 4.69) is 54.2 Å². The minimum atomic E-state index is -1.19. The van der Waals surface area contributed by atoms with E-state index in [1.165, 1.54) is 29.7 Å². The minimum Gasteiger partial charge on any atom is -0.377 e. The molecule has 5 rings (SSSR count). The highest BCUT2D eigenvalue weighted by Crippen LogP contribution is 2.42. The molecule has 36 heavy (non-hydrogen) atoms. The lowest BCUT2D eigenvalue weighted by molar-refractivity contribution is -0.920. The first-order valence-corrected chi connectivity index (χ1v) is 14.8. The van der Waals surface area contributed by atoms with Gasteiger partial charge in [-0.2, -0.15) is 4.98 Å². The second kappa shape index (κ2) is 11.9. The third-order valence-corrected chi connectivity index (χ3v) is 9.82. The van der Waals surface area contributed by atoms with Crippen LogP contribution in [-0.4, -0.2) is 33.6 Å². The largest absolute Gasteiger partial charge is 0.377 e. The van der Waals surface area contributed by atoms with Crippen LogP contribution in [0.15, 0.2) is 65.2 Å². The summed E-state index contributed by atoms with van der Waals surface area (Å²) in [6, 6.07) is 20.7.